The lowest BCUT2D eigenvalue weighted by atomic mass is 9.97. The van der Waals surface area contributed by atoms with Crippen LogP contribution in [0.3, 0.4) is 0 Å². The Labute approximate surface area is 255 Å². The van der Waals surface area contributed by atoms with Gasteiger partial charge in [0, 0.05) is 12.0 Å². The van der Waals surface area contributed by atoms with Crippen LogP contribution in [0.5, 0.6) is 0 Å². The summed E-state index contributed by atoms with van der Waals surface area (Å²) in [5.41, 5.74) is 2.99. The van der Waals surface area contributed by atoms with E-state index in [4.69, 9.17) is 9.73 Å². The van der Waals surface area contributed by atoms with Gasteiger partial charge >= 0.3 is 6.09 Å². The number of tetrazole rings is 1. The molecule has 1 aliphatic heterocycles. The summed E-state index contributed by atoms with van der Waals surface area (Å²) in [6, 6.07) is 15.7. The summed E-state index contributed by atoms with van der Waals surface area (Å²) in [5.74, 6) is 1.34. The Morgan fingerprint density at radius 1 is 1.00 bits per heavy atom. The number of carbonyl (C=O) groups excluding carboxylic acids is 2. The number of rotatable bonds is 14. The molecule has 1 aromatic heterocycles. The van der Waals surface area contributed by atoms with Gasteiger partial charge in [0.1, 0.15) is 11.4 Å². The first kappa shape index (κ1) is 30.8. The molecule has 1 amide bonds. The molecule has 44 heavy (non-hydrogen) atoms. The van der Waals surface area contributed by atoms with Crippen molar-refractivity contribution in [2.75, 3.05) is 13.2 Å². The van der Waals surface area contributed by atoms with Crippen molar-refractivity contribution >= 4 is 17.8 Å². The number of hydrogen-bond acceptors (Lipinski definition) is 10. The van der Waals surface area contributed by atoms with Crippen LogP contribution in [0.25, 0.3) is 22.5 Å². The summed E-state index contributed by atoms with van der Waals surface area (Å²) in [5, 5.41) is 21.5. The third-order valence-corrected chi connectivity index (χ3v) is 8.04. The maximum atomic E-state index is 13.5. The van der Waals surface area contributed by atoms with Crippen LogP contribution < -0.4 is 0 Å². The summed E-state index contributed by atoms with van der Waals surface area (Å²) in [4.78, 5) is 48.1. The van der Waals surface area contributed by atoms with Crippen LogP contribution in [-0.2, 0) is 20.9 Å². The lowest BCUT2D eigenvalue weighted by molar-refractivity contribution is -0.757. The zero-order valence-corrected chi connectivity index (χ0v) is 24.9. The predicted molar refractivity (Wildman–Crippen MR) is 161 cm³/mol. The number of unbranched alkanes of at least 4 members (excludes halogenated alkanes) is 3. The van der Waals surface area contributed by atoms with Gasteiger partial charge in [0.05, 0.1) is 19.8 Å². The molecule has 0 atom stereocenters. The van der Waals surface area contributed by atoms with Gasteiger partial charge < -0.3 is 9.57 Å². The number of ether oxygens (including phenoxy) is 1. The molecule has 2 heterocycles. The fourth-order valence-corrected chi connectivity index (χ4v) is 5.74. The fourth-order valence-electron chi connectivity index (χ4n) is 5.74. The third kappa shape index (κ3) is 7.09. The van der Waals surface area contributed by atoms with E-state index in [2.05, 4.69) is 27.2 Å². The van der Waals surface area contributed by atoms with Gasteiger partial charge in [-0.3, -0.25) is 14.7 Å². The van der Waals surface area contributed by atoms with Crippen molar-refractivity contribution in [3.8, 4) is 22.5 Å². The van der Waals surface area contributed by atoms with Crippen LogP contribution in [-0.4, -0.2) is 66.8 Å². The average Bonchev–Trinajstić information content (AvgIpc) is 3.77. The van der Waals surface area contributed by atoms with Crippen molar-refractivity contribution in [1.29, 1.82) is 0 Å². The number of amides is 1. The topological polar surface area (TPSA) is 155 Å². The number of hydrogen-bond donors (Lipinski definition) is 0. The molecule has 5 rings (SSSR count). The normalized spacial score (nSPS) is 15.5. The Morgan fingerprint density at radius 3 is 2.45 bits per heavy atom. The van der Waals surface area contributed by atoms with Crippen LogP contribution in [0, 0.1) is 10.1 Å². The molecule has 0 N–H and O–H groups in total. The summed E-state index contributed by atoms with van der Waals surface area (Å²) in [7, 11) is 0. The van der Waals surface area contributed by atoms with E-state index in [0.717, 1.165) is 72.3 Å². The molecule has 0 unspecified atom stereocenters. The van der Waals surface area contributed by atoms with Crippen molar-refractivity contribution in [3.05, 3.63) is 64.2 Å². The minimum Gasteiger partial charge on any atom is -0.447 e. The Hall–Kier alpha value is -4.68. The molecule has 1 aliphatic carbocycles. The highest BCUT2D eigenvalue weighted by atomic mass is 16.9. The zero-order chi connectivity index (χ0) is 30.9. The molecule has 3 aromatic rings. The maximum Gasteiger partial charge on any atom is 0.453 e. The molecule has 1 saturated carbocycles. The number of carbonyl (C=O) groups is 2. The van der Waals surface area contributed by atoms with Gasteiger partial charge in [-0.2, -0.15) is 0 Å². The number of aliphatic imine (C=N–C) groups is 1. The highest BCUT2D eigenvalue weighted by Gasteiger charge is 2.49. The Kier molecular flexibility index (Phi) is 9.93. The van der Waals surface area contributed by atoms with Crippen molar-refractivity contribution < 1.29 is 24.3 Å². The minimum atomic E-state index is -0.830. The van der Waals surface area contributed by atoms with Crippen molar-refractivity contribution in [2.45, 2.75) is 83.2 Å². The van der Waals surface area contributed by atoms with Crippen molar-refractivity contribution in [3.63, 3.8) is 0 Å². The minimum absolute atomic E-state index is 0.00459. The average molecular weight is 604 g/mol. The summed E-state index contributed by atoms with van der Waals surface area (Å²) in [6.45, 7) is 2.77. The van der Waals surface area contributed by atoms with E-state index >= 15 is 0 Å². The second-order valence-electron chi connectivity index (χ2n) is 11.1. The third-order valence-electron chi connectivity index (χ3n) is 8.04. The first-order chi connectivity index (χ1) is 21.4. The van der Waals surface area contributed by atoms with Gasteiger partial charge in [0.25, 0.3) is 11.0 Å². The standard InChI is InChI=1S/C31H37N7O6/c1-2-3-13-27-32-31(18-7-8-19-31)29(39)36(27)22-23-14-16-24(17-15-23)25-11-5-6-12-26(25)28-33-35-37(34-28)30(40)43-20-9-4-10-21-44-38(41)42/h5-6,11-12,14-17H,2-4,7-10,13,18-22H2,1H3. The van der Waals surface area contributed by atoms with Gasteiger partial charge in [-0.05, 0) is 60.4 Å². The van der Waals surface area contributed by atoms with E-state index in [-0.39, 0.29) is 24.9 Å². The molecule has 2 aliphatic rings. The van der Waals surface area contributed by atoms with E-state index < -0.39 is 16.7 Å². The molecule has 1 spiro atoms. The van der Waals surface area contributed by atoms with Gasteiger partial charge in [0.15, 0.2) is 0 Å². The quantitative estimate of drug-likeness (QED) is 0.130. The number of nitrogens with zero attached hydrogens (tertiary/aromatic N) is 7. The highest BCUT2D eigenvalue weighted by Crippen LogP contribution is 2.40. The first-order valence-electron chi connectivity index (χ1n) is 15.2. The Balaban J connectivity index is 1.23. The van der Waals surface area contributed by atoms with E-state index in [9.17, 15) is 19.7 Å². The van der Waals surface area contributed by atoms with Crippen molar-refractivity contribution in [2.24, 2.45) is 4.99 Å². The second kappa shape index (κ2) is 14.2. The first-order valence-corrected chi connectivity index (χ1v) is 15.2. The molecule has 13 heteroatoms. The zero-order valence-electron chi connectivity index (χ0n) is 24.9. The molecule has 0 bridgehead atoms. The van der Waals surface area contributed by atoms with E-state index in [1.807, 2.05) is 53.4 Å². The monoisotopic (exact) mass is 603 g/mol. The molecular weight excluding hydrogens is 566 g/mol. The Bertz CT molecular complexity index is 1500. The van der Waals surface area contributed by atoms with E-state index in [1.54, 1.807) is 0 Å². The lowest BCUT2D eigenvalue weighted by Gasteiger charge is -2.23. The number of aromatic nitrogens is 4. The van der Waals surface area contributed by atoms with Crippen molar-refractivity contribution in [1.82, 2.24) is 25.1 Å². The van der Waals surface area contributed by atoms with E-state index in [0.29, 0.717) is 31.4 Å². The molecule has 0 saturated heterocycles. The number of benzene rings is 2. The highest BCUT2D eigenvalue weighted by molar-refractivity contribution is 6.08. The van der Waals surface area contributed by atoms with E-state index in [1.165, 1.54) is 0 Å². The van der Waals surface area contributed by atoms with Gasteiger partial charge in [0.2, 0.25) is 5.82 Å². The summed E-state index contributed by atoms with van der Waals surface area (Å²) < 4.78 is 5.20. The lowest BCUT2D eigenvalue weighted by Crippen LogP contribution is -2.40. The summed E-state index contributed by atoms with van der Waals surface area (Å²) in [6.07, 6.45) is 7.50. The molecular formula is C31H37N7O6. The molecule has 232 valence electrons. The molecule has 13 nitrogen and oxygen atoms in total. The van der Waals surface area contributed by atoms with Crippen LogP contribution in [0.4, 0.5) is 4.79 Å². The Morgan fingerprint density at radius 2 is 1.73 bits per heavy atom. The van der Waals surface area contributed by atoms with Crippen LogP contribution >= 0.6 is 0 Å². The van der Waals surface area contributed by atoms with Gasteiger partial charge in [-0.25, -0.2) is 4.79 Å². The fraction of sp³-hybridized carbons (Fsp3) is 0.484. The number of amidine groups is 1. The smallest absolute Gasteiger partial charge is 0.447 e. The van der Waals surface area contributed by atoms with Gasteiger partial charge in [-0.1, -0.05) is 79.5 Å². The SMILES string of the molecule is CCCCC1=NC2(CCCC2)C(=O)N1Cc1ccc(-c2ccccc2-c2nnn(C(=O)OCCCCCO[N+](=O)[O-])n2)cc1. The van der Waals surface area contributed by atoms with Crippen LogP contribution in [0.1, 0.15) is 76.7 Å². The maximum absolute atomic E-state index is 13.5. The molecule has 2 aromatic carbocycles. The predicted octanol–water partition coefficient (Wildman–Crippen LogP) is 5.61. The molecule has 1 fully saturated rings. The second-order valence-corrected chi connectivity index (χ2v) is 11.1. The van der Waals surface area contributed by atoms with Crippen LogP contribution in [0.15, 0.2) is 53.5 Å². The molecule has 0 radical (unpaired) electrons. The van der Waals surface area contributed by atoms with Gasteiger partial charge in [-0.15, -0.1) is 20.3 Å². The summed E-state index contributed by atoms with van der Waals surface area (Å²) >= 11 is 0. The largest absolute Gasteiger partial charge is 0.453 e. The van der Waals surface area contributed by atoms with Crippen LogP contribution in [0.2, 0.25) is 0 Å².